The third-order valence-corrected chi connectivity index (χ3v) is 6.10. The number of hydrogen-bond acceptors (Lipinski definition) is 4. The standard InChI is InChI=1S/C26H42N2O4/c1-4-12-28(13-5-2)26(31)23-17-20(3)16-22(18-23)25(30)27-19-24(29)11-15-32-14-10-21-8-6-7-9-21/h16-18,21,24,29H,4-15,19H2,1-3H3,(H,27,30). The lowest BCUT2D eigenvalue weighted by Crippen LogP contribution is -2.34. The van der Waals surface area contributed by atoms with Gasteiger partial charge in [-0.05, 0) is 62.3 Å². The maximum atomic E-state index is 12.9. The predicted octanol–water partition coefficient (Wildman–Crippen LogP) is 4.33. The van der Waals surface area contributed by atoms with Crippen molar-refractivity contribution in [3.05, 3.63) is 34.9 Å². The van der Waals surface area contributed by atoms with Gasteiger partial charge < -0.3 is 20.1 Å². The van der Waals surface area contributed by atoms with Crippen LogP contribution in [0.1, 0.15) is 91.5 Å². The van der Waals surface area contributed by atoms with Gasteiger partial charge in [0.15, 0.2) is 0 Å². The fraction of sp³-hybridized carbons (Fsp3) is 0.692. The molecule has 0 bridgehead atoms. The molecule has 0 saturated heterocycles. The summed E-state index contributed by atoms with van der Waals surface area (Å²) in [5, 5.41) is 13.0. The molecule has 1 aliphatic carbocycles. The minimum atomic E-state index is -0.652. The Morgan fingerprint density at radius 3 is 2.41 bits per heavy atom. The van der Waals surface area contributed by atoms with Crippen LogP contribution >= 0.6 is 0 Å². The number of nitrogens with one attached hydrogen (secondary N) is 1. The third kappa shape index (κ3) is 8.91. The summed E-state index contributed by atoms with van der Waals surface area (Å²) < 4.78 is 5.66. The van der Waals surface area contributed by atoms with E-state index < -0.39 is 6.10 Å². The Balaban J connectivity index is 1.79. The second kappa shape index (κ2) is 14.3. The van der Waals surface area contributed by atoms with Crippen LogP contribution in [-0.2, 0) is 4.74 Å². The number of aliphatic hydroxyl groups excluding tert-OH is 1. The number of benzene rings is 1. The third-order valence-electron chi connectivity index (χ3n) is 6.10. The molecule has 2 amide bonds. The number of aliphatic hydroxyl groups is 1. The van der Waals surface area contributed by atoms with Crippen LogP contribution in [0.4, 0.5) is 0 Å². The first-order valence-electron chi connectivity index (χ1n) is 12.4. The van der Waals surface area contributed by atoms with E-state index >= 15 is 0 Å². The summed E-state index contributed by atoms with van der Waals surface area (Å²) in [6.07, 6.45) is 8.06. The number of nitrogens with zero attached hydrogens (tertiary/aromatic N) is 1. The van der Waals surface area contributed by atoms with Crippen LogP contribution in [0, 0.1) is 12.8 Å². The minimum Gasteiger partial charge on any atom is -0.391 e. The topological polar surface area (TPSA) is 78.9 Å². The van der Waals surface area contributed by atoms with Crippen molar-refractivity contribution in [1.29, 1.82) is 0 Å². The molecule has 0 heterocycles. The number of rotatable bonds is 14. The summed E-state index contributed by atoms with van der Waals surface area (Å²) in [6, 6.07) is 5.26. The molecule has 1 aromatic carbocycles. The van der Waals surface area contributed by atoms with E-state index in [2.05, 4.69) is 19.2 Å². The summed E-state index contributed by atoms with van der Waals surface area (Å²) in [4.78, 5) is 27.4. The van der Waals surface area contributed by atoms with E-state index in [0.717, 1.165) is 37.4 Å². The van der Waals surface area contributed by atoms with Crippen molar-refractivity contribution in [1.82, 2.24) is 10.2 Å². The summed E-state index contributed by atoms with van der Waals surface area (Å²) in [5.74, 6) is 0.490. The Morgan fingerprint density at radius 1 is 1.09 bits per heavy atom. The van der Waals surface area contributed by atoms with Crippen LogP contribution in [0.2, 0.25) is 0 Å². The van der Waals surface area contributed by atoms with E-state index in [1.54, 1.807) is 12.1 Å². The molecule has 0 aromatic heterocycles. The predicted molar refractivity (Wildman–Crippen MR) is 128 cm³/mol. The van der Waals surface area contributed by atoms with Crippen LogP contribution in [0.15, 0.2) is 18.2 Å². The molecule has 6 heteroatoms. The van der Waals surface area contributed by atoms with Gasteiger partial charge in [-0.1, -0.05) is 39.5 Å². The van der Waals surface area contributed by atoms with E-state index in [9.17, 15) is 14.7 Å². The van der Waals surface area contributed by atoms with Crippen molar-refractivity contribution in [2.24, 2.45) is 5.92 Å². The fourth-order valence-corrected chi connectivity index (χ4v) is 4.36. The molecule has 1 unspecified atom stereocenters. The highest BCUT2D eigenvalue weighted by atomic mass is 16.5. The number of carbonyl (C=O) groups excluding carboxylic acids is 2. The fourth-order valence-electron chi connectivity index (χ4n) is 4.36. The van der Waals surface area contributed by atoms with Gasteiger partial charge in [-0.15, -0.1) is 0 Å². The molecule has 2 rings (SSSR count). The Bertz CT molecular complexity index is 710. The Kier molecular flexibility index (Phi) is 11.7. The van der Waals surface area contributed by atoms with Gasteiger partial charge in [0.2, 0.25) is 0 Å². The average Bonchev–Trinajstić information content (AvgIpc) is 3.29. The number of amides is 2. The molecular formula is C26H42N2O4. The van der Waals surface area contributed by atoms with Gasteiger partial charge >= 0.3 is 0 Å². The minimum absolute atomic E-state index is 0.0405. The highest BCUT2D eigenvalue weighted by molar-refractivity contribution is 6.00. The summed E-state index contributed by atoms with van der Waals surface area (Å²) in [6.45, 7) is 8.81. The molecule has 1 aromatic rings. The summed E-state index contributed by atoms with van der Waals surface area (Å²) in [5.41, 5.74) is 1.85. The van der Waals surface area contributed by atoms with Crippen molar-refractivity contribution in [2.45, 2.75) is 78.2 Å². The molecule has 1 aliphatic rings. The Hall–Kier alpha value is -1.92. The molecule has 1 saturated carbocycles. The van der Waals surface area contributed by atoms with Crippen LogP contribution in [0.5, 0.6) is 0 Å². The smallest absolute Gasteiger partial charge is 0.253 e. The number of ether oxygens (including phenoxy) is 1. The molecule has 1 atom stereocenters. The van der Waals surface area contributed by atoms with Crippen molar-refractivity contribution in [3.63, 3.8) is 0 Å². The van der Waals surface area contributed by atoms with Crippen molar-refractivity contribution in [2.75, 3.05) is 32.8 Å². The van der Waals surface area contributed by atoms with E-state index in [0.29, 0.717) is 37.2 Å². The number of carbonyl (C=O) groups is 2. The quantitative estimate of drug-likeness (QED) is 0.417. The molecule has 6 nitrogen and oxygen atoms in total. The van der Waals surface area contributed by atoms with Gasteiger partial charge in [0.25, 0.3) is 11.8 Å². The van der Waals surface area contributed by atoms with Crippen LogP contribution in [0.3, 0.4) is 0 Å². The molecule has 0 radical (unpaired) electrons. The zero-order valence-corrected chi connectivity index (χ0v) is 20.2. The maximum absolute atomic E-state index is 12.9. The maximum Gasteiger partial charge on any atom is 0.253 e. The van der Waals surface area contributed by atoms with Crippen LogP contribution in [0.25, 0.3) is 0 Å². The zero-order valence-electron chi connectivity index (χ0n) is 20.2. The lowest BCUT2D eigenvalue weighted by molar-refractivity contribution is 0.0708. The number of hydrogen-bond donors (Lipinski definition) is 2. The Morgan fingerprint density at radius 2 is 1.75 bits per heavy atom. The van der Waals surface area contributed by atoms with Gasteiger partial charge in [0.05, 0.1) is 6.10 Å². The first kappa shape index (κ1) is 26.3. The van der Waals surface area contributed by atoms with Crippen molar-refractivity contribution >= 4 is 11.8 Å². The average molecular weight is 447 g/mol. The summed E-state index contributed by atoms with van der Waals surface area (Å²) in [7, 11) is 0. The molecule has 2 N–H and O–H groups in total. The molecule has 0 spiro atoms. The first-order valence-corrected chi connectivity index (χ1v) is 12.4. The van der Waals surface area contributed by atoms with E-state index in [4.69, 9.17) is 4.74 Å². The van der Waals surface area contributed by atoms with Crippen LogP contribution in [-0.4, -0.2) is 60.8 Å². The monoisotopic (exact) mass is 446 g/mol. The van der Waals surface area contributed by atoms with Crippen LogP contribution < -0.4 is 5.32 Å². The Labute approximate surface area is 193 Å². The van der Waals surface area contributed by atoms with Crippen molar-refractivity contribution < 1.29 is 19.4 Å². The van der Waals surface area contributed by atoms with E-state index in [1.165, 1.54) is 25.7 Å². The lowest BCUT2D eigenvalue weighted by atomic mass is 10.0. The lowest BCUT2D eigenvalue weighted by Gasteiger charge is -2.22. The van der Waals surface area contributed by atoms with Crippen molar-refractivity contribution in [3.8, 4) is 0 Å². The zero-order chi connectivity index (χ0) is 23.3. The number of aryl methyl sites for hydroxylation is 1. The van der Waals surface area contributed by atoms with Gasteiger partial charge in [0.1, 0.15) is 0 Å². The van der Waals surface area contributed by atoms with Gasteiger partial charge in [-0.2, -0.15) is 0 Å². The largest absolute Gasteiger partial charge is 0.391 e. The van der Waals surface area contributed by atoms with Gasteiger partial charge in [0, 0.05) is 44.0 Å². The van der Waals surface area contributed by atoms with Gasteiger partial charge in [-0.25, -0.2) is 0 Å². The second-order valence-corrected chi connectivity index (χ2v) is 9.08. The molecule has 1 fully saturated rings. The highest BCUT2D eigenvalue weighted by Crippen LogP contribution is 2.27. The molecular weight excluding hydrogens is 404 g/mol. The molecule has 0 aliphatic heterocycles. The normalized spacial score (nSPS) is 15.0. The summed E-state index contributed by atoms with van der Waals surface area (Å²) >= 11 is 0. The van der Waals surface area contributed by atoms with E-state index in [-0.39, 0.29) is 18.4 Å². The van der Waals surface area contributed by atoms with Gasteiger partial charge in [-0.3, -0.25) is 9.59 Å². The second-order valence-electron chi connectivity index (χ2n) is 9.08. The SMILES string of the molecule is CCCN(CCC)C(=O)c1cc(C)cc(C(=O)NCC(O)CCOCCC2CCCC2)c1. The van der Waals surface area contributed by atoms with E-state index in [1.807, 2.05) is 17.9 Å². The highest BCUT2D eigenvalue weighted by Gasteiger charge is 2.18. The first-order chi connectivity index (χ1) is 15.4. The molecule has 180 valence electrons. The molecule has 32 heavy (non-hydrogen) atoms.